The summed E-state index contributed by atoms with van der Waals surface area (Å²) in [6.45, 7) is 1.57. The van der Waals surface area contributed by atoms with Gasteiger partial charge in [0.05, 0.1) is 17.8 Å². The van der Waals surface area contributed by atoms with Crippen LogP contribution in [0.15, 0.2) is 85.3 Å². The van der Waals surface area contributed by atoms with Gasteiger partial charge < -0.3 is 15.7 Å². The molecule has 0 unspecified atom stereocenters. The Morgan fingerprint density at radius 2 is 1.82 bits per heavy atom. The molecule has 192 valence electrons. The van der Waals surface area contributed by atoms with Crippen molar-refractivity contribution in [3.05, 3.63) is 102 Å². The third kappa shape index (κ3) is 4.04. The van der Waals surface area contributed by atoms with Gasteiger partial charge in [0.2, 0.25) is 0 Å². The third-order valence-electron chi connectivity index (χ3n) is 7.42. The molecule has 0 bridgehead atoms. The highest BCUT2D eigenvalue weighted by Crippen LogP contribution is 2.36. The molecule has 7 rings (SSSR count). The number of fused-ring (bicyclic) bond motifs is 3. The van der Waals surface area contributed by atoms with E-state index in [0.29, 0.717) is 31.9 Å². The zero-order chi connectivity index (χ0) is 26.5. The molecule has 1 amide bonds. The van der Waals surface area contributed by atoms with Crippen molar-refractivity contribution in [3.63, 3.8) is 0 Å². The summed E-state index contributed by atoms with van der Waals surface area (Å²) in [6, 6.07) is 24.7. The van der Waals surface area contributed by atoms with Crippen molar-refractivity contribution in [2.75, 3.05) is 12.3 Å². The number of carboxylic acid groups (broad SMARTS) is 1. The maximum atomic E-state index is 11.6. The van der Waals surface area contributed by atoms with Gasteiger partial charge in [-0.05, 0) is 46.9 Å². The normalized spacial score (nSPS) is 13.2. The number of nitrogens with two attached hydrogens (primary N) is 1. The second kappa shape index (κ2) is 8.98. The second-order valence-corrected chi connectivity index (χ2v) is 9.87. The predicted molar refractivity (Wildman–Crippen MR) is 149 cm³/mol. The molecule has 0 spiro atoms. The van der Waals surface area contributed by atoms with Crippen LogP contribution in [0.1, 0.15) is 16.7 Å². The third-order valence-corrected chi connectivity index (χ3v) is 7.42. The van der Waals surface area contributed by atoms with E-state index in [0.717, 1.165) is 44.4 Å². The van der Waals surface area contributed by atoms with Crippen LogP contribution in [-0.4, -0.2) is 47.0 Å². The Hall–Kier alpha value is -5.18. The summed E-state index contributed by atoms with van der Waals surface area (Å²) < 4.78 is 3.77. The van der Waals surface area contributed by atoms with Crippen molar-refractivity contribution in [1.82, 2.24) is 29.3 Å². The van der Waals surface area contributed by atoms with Gasteiger partial charge >= 0.3 is 6.09 Å². The zero-order valence-corrected chi connectivity index (χ0v) is 21.0. The SMILES string of the molecule is Nc1ncnn2c(-c3ccc4c(c3)CN(C(=O)O)CC4)cc(-c3ccc4cn(Cc5ccccc5)nc4c3)c12. The average molecular weight is 516 g/mol. The first-order valence-electron chi connectivity index (χ1n) is 12.8. The summed E-state index contributed by atoms with van der Waals surface area (Å²) in [6.07, 6.45) is 3.31. The number of hydrogen-bond acceptors (Lipinski definition) is 5. The number of benzene rings is 3. The molecule has 0 saturated heterocycles. The van der Waals surface area contributed by atoms with Crippen molar-refractivity contribution in [2.24, 2.45) is 0 Å². The van der Waals surface area contributed by atoms with E-state index < -0.39 is 6.09 Å². The molecule has 3 aromatic heterocycles. The molecule has 0 radical (unpaired) electrons. The largest absolute Gasteiger partial charge is 0.465 e. The molecular formula is C30H25N7O2. The first-order chi connectivity index (χ1) is 19.0. The molecule has 0 aliphatic carbocycles. The average Bonchev–Trinajstić information content (AvgIpc) is 3.54. The van der Waals surface area contributed by atoms with Gasteiger partial charge in [-0.2, -0.15) is 10.2 Å². The standard InChI is InChI=1S/C30H25N7O2/c31-29-28-25(21-7-9-23-17-36(34-26(23)13-21)15-19-4-2-1-3-5-19)14-27(37(28)33-18-32-29)22-8-6-20-10-11-35(30(38)39)16-24(20)12-22/h1-9,12-14,17-18H,10-11,15-16H2,(H,38,39)(H2,31,32,33). The quantitative estimate of drug-likeness (QED) is 0.338. The summed E-state index contributed by atoms with van der Waals surface area (Å²) in [5, 5.41) is 19.9. The molecule has 9 heteroatoms. The van der Waals surface area contributed by atoms with Crippen LogP contribution >= 0.6 is 0 Å². The Morgan fingerprint density at radius 3 is 2.67 bits per heavy atom. The van der Waals surface area contributed by atoms with Gasteiger partial charge in [-0.1, -0.05) is 54.6 Å². The fourth-order valence-corrected chi connectivity index (χ4v) is 5.46. The molecule has 0 saturated carbocycles. The summed E-state index contributed by atoms with van der Waals surface area (Å²) in [4.78, 5) is 17.3. The Labute approximate surface area is 223 Å². The van der Waals surface area contributed by atoms with E-state index in [1.807, 2.05) is 27.4 Å². The van der Waals surface area contributed by atoms with Crippen LogP contribution in [0.2, 0.25) is 0 Å². The van der Waals surface area contributed by atoms with Crippen LogP contribution in [0.25, 0.3) is 38.8 Å². The Morgan fingerprint density at radius 1 is 0.974 bits per heavy atom. The molecular weight excluding hydrogens is 490 g/mol. The molecule has 1 aliphatic rings. The number of aromatic nitrogens is 5. The summed E-state index contributed by atoms with van der Waals surface area (Å²) >= 11 is 0. The fourth-order valence-electron chi connectivity index (χ4n) is 5.46. The molecule has 4 heterocycles. The van der Waals surface area contributed by atoms with E-state index in [9.17, 15) is 9.90 Å². The van der Waals surface area contributed by atoms with E-state index in [4.69, 9.17) is 10.8 Å². The molecule has 9 nitrogen and oxygen atoms in total. The lowest BCUT2D eigenvalue weighted by molar-refractivity contribution is 0.140. The van der Waals surface area contributed by atoms with Gasteiger partial charge in [0.25, 0.3) is 0 Å². The van der Waals surface area contributed by atoms with Crippen LogP contribution in [0.4, 0.5) is 10.6 Å². The van der Waals surface area contributed by atoms with Gasteiger partial charge in [0.15, 0.2) is 5.82 Å². The number of amides is 1. The Kier molecular flexibility index (Phi) is 5.29. The Bertz CT molecular complexity index is 1870. The highest BCUT2D eigenvalue weighted by Gasteiger charge is 2.22. The molecule has 6 aromatic rings. The van der Waals surface area contributed by atoms with Crippen molar-refractivity contribution >= 4 is 28.3 Å². The lowest BCUT2D eigenvalue weighted by Gasteiger charge is -2.26. The van der Waals surface area contributed by atoms with Crippen LogP contribution in [0.5, 0.6) is 0 Å². The minimum atomic E-state index is -0.899. The lowest BCUT2D eigenvalue weighted by Crippen LogP contribution is -2.34. The Balaban J connectivity index is 1.31. The molecule has 0 fully saturated rings. The number of nitrogens with zero attached hydrogens (tertiary/aromatic N) is 6. The van der Waals surface area contributed by atoms with Crippen LogP contribution in [-0.2, 0) is 19.5 Å². The first kappa shape index (κ1) is 23.0. The number of hydrogen-bond donors (Lipinski definition) is 2. The van der Waals surface area contributed by atoms with Crippen LogP contribution < -0.4 is 5.73 Å². The monoisotopic (exact) mass is 515 g/mol. The second-order valence-electron chi connectivity index (χ2n) is 9.87. The lowest BCUT2D eigenvalue weighted by atomic mass is 9.96. The van der Waals surface area contributed by atoms with Crippen molar-refractivity contribution < 1.29 is 9.90 Å². The van der Waals surface area contributed by atoms with Gasteiger partial charge in [-0.3, -0.25) is 4.68 Å². The van der Waals surface area contributed by atoms with Gasteiger partial charge in [0.1, 0.15) is 11.8 Å². The molecule has 0 atom stereocenters. The van der Waals surface area contributed by atoms with Gasteiger partial charge in [-0.25, -0.2) is 14.3 Å². The van der Waals surface area contributed by atoms with Crippen molar-refractivity contribution in [1.29, 1.82) is 0 Å². The molecule has 1 aliphatic heterocycles. The highest BCUT2D eigenvalue weighted by atomic mass is 16.4. The van der Waals surface area contributed by atoms with Gasteiger partial charge in [-0.15, -0.1) is 0 Å². The number of rotatable bonds is 4. The van der Waals surface area contributed by atoms with E-state index in [2.05, 4.69) is 70.9 Å². The summed E-state index contributed by atoms with van der Waals surface area (Å²) in [7, 11) is 0. The van der Waals surface area contributed by atoms with Gasteiger partial charge in [0, 0.05) is 35.8 Å². The van der Waals surface area contributed by atoms with E-state index in [-0.39, 0.29) is 0 Å². The van der Waals surface area contributed by atoms with E-state index >= 15 is 0 Å². The molecule has 39 heavy (non-hydrogen) atoms. The highest BCUT2D eigenvalue weighted by molar-refractivity contribution is 5.95. The number of anilines is 1. The fraction of sp³-hybridized carbons (Fsp3) is 0.133. The maximum Gasteiger partial charge on any atom is 0.407 e. The van der Waals surface area contributed by atoms with Crippen molar-refractivity contribution in [2.45, 2.75) is 19.5 Å². The van der Waals surface area contributed by atoms with Crippen LogP contribution in [0.3, 0.4) is 0 Å². The zero-order valence-electron chi connectivity index (χ0n) is 21.0. The minimum absolute atomic E-state index is 0.369. The predicted octanol–water partition coefficient (Wildman–Crippen LogP) is 5.08. The molecule has 3 aromatic carbocycles. The maximum absolute atomic E-state index is 11.6. The summed E-state index contributed by atoms with van der Waals surface area (Å²) in [5.41, 5.74) is 15.0. The van der Waals surface area contributed by atoms with Crippen LogP contribution in [0, 0.1) is 0 Å². The van der Waals surface area contributed by atoms with Crippen molar-refractivity contribution in [3.8, 4) is 22.4 Å². The minimum Gasteiger partial charge on any atom is -0.465 e. The smallest absolute Gasteiger partial charge is 0.407 e. The topological polar surface area (TPSA) is 115 Å². The first-order valence-corrected chi connectivity index (χ1v) is 12.8. The van der Waals surface area contributed by atoms with E-state index in [1.54, 1.807) is 0 Å². The molecule has 3 N–H and O–H groups in total. The van der Waals surface area contributed by atoms with E-state index in [1.165, 1.54) is 22.4 Å². The number of carbonyl (C=O) groups is 1. The number of nitrogen functional groups attached to an aromatic ring is 1. The summed E-state index contributed by atoms with van der Waals surface area (Å²) in [5.74, 6) is 0.385.